The van der Waals surface area contributed by atoms with E-state index in [1.165, 1.54) is 0 Å². The largest absolute Gasteiger partial charge is 0.389 e. The van der Waals surface area contributed by atoms with E-state index in [4.69, 9.17) is 0 Å². The average Bonchev–Trinajstić information content (AvgIpc) is 1.97. The first-order chi connectivity index (χ1) is 6.09. The van der Waals surface area contributed by atoms with E-state index < -0.39 is 5.60 Å². The molecule has 0 aliphatic carbocycles. The number of hydrogen-bond acceptors (Lipinski definition) is 1. The van der Waals surface area contributed by atoms with Crippen LogP contribution in [0.2, 0.25) is 0 Å². The summed E-state index contributed by atoms with van der Waals surface area (Å²) < 4.78 is 0. The van der Waals surface area contributed by atoms with E-state index in [0.29, 0.717) is 17.3 Å². The second kappa shape index (κ2) is 4.65. The van der Waals surface area contributed by atoms with Gasteiger partial charge in [-0.05, 0) is 30.1 Å². The van der Waals surface area contributed by atoms with Crippen LogP contribution >= 0.6 is 0 Å². The molecule has 0 heterocycles. The number of hydrogen-bond donors (Lipinski definition) is 1. The molecular weight excluding hydrogens is 172 g/mol. The highest BCUT2D eigenvalue weighted by Crippen LogP contribution is 2.34. The van der Waals surface area contributed by atoms with Gasteiger partial charge < -0.3 is 5.11 Å². The Labute approximate surface area is 89.9 Å². The van der Waals surface area contributed by atoms with E-state index in [0.717, 1.165) is 12.8 Å². The van der Waals surface area contributed by atoms with Crippen molar-refractivity contribution >= 4 is 0 Å². The van der Waals surface area contributed by atoms with Crippen molar-refractivity contribution in [2.45, 2.75) is 66.9 Å². The van der Waals surface area contributed by atoms with Crippen molar-refractivity contribution in [3.8, 4) is 0 Å². The van der Waals surface area contributed by atoms with Gasteiger partial charge in [-0.2, -0.15) is 0 Å². The minimum atomic E-state index is -0.493. The molecule has 1 N–H and O–H groups in total. The van der Waals surface area contributed by atoms with Gasteiger partial charge in [0.25, 0.3) is 0 Å². The lowest BCUT2D eigenvalue weighted by molar-refractivity contribution is -0.0606. The maximum Gasteiger partial charge on any atom is 0.0693 e. The fourth-order valence-electron chi connectivity index (χ4n) is 1.82. The molecule has 0 spiro atoms. The van der Waals surface area contributed by atoms with Crippen molar-refractivity contribution in [2.75, 3.05) is 0 Å². The summed E-state index contributed by atoms with van der Waals surface area (Å²) in [6.45, 7) is 15.1. The smallest absolute Gasteiger partial charge is 0.0693 e. The van der Waals surface area contributed by atoms with E-state index in [1.807, 2.05) is 0 Å². The molecule has 1 heteroatoms. The Morgan fingerprint density at radius 2 is 1.21 bits per heavy atom. The molecule has 0 amide bonds. The molecule has 0 atom stereocenters. The van der Waals surface area contributed by atoms with Gasteiger partial charge >= 0.3 is 0 Å². The third kappa shape index (κ3) is 4.00. The fourth-order valence-corrected chi connectivity index (χ4v) is 1.82. The van der Waals surface area contributed by atoms with Crippen LogP contribution in [0, 0.1) is 17.3 Å². The van der Waals surface area contributed by atoms with Gasteiger partial charge in [-0.15, -0.1) is 0 Å². The Morgan fingerprint density at radius 3 is 1.43 bits per heavy atom. The second-order valence-corrected chi connectivity index (χ2v) is 6.36. The van der Waals surface area contributed by atoms with Gasteiger partial charge in [0.05, 0.1) is 5.60 Å². The molecule has 0 aromatic heterocycles. The van der Waals surface area contributed by atoms with E-state index in [-0.39, 0.29) is 0 Å². The topological polar surface area (TPSA) is 20.2 Å². The lowest BCUT2D eigenvalue weighted by Gasteiger charge is -2.38. The summed E-state index contributed by atoms with van der Waals surface area (Å²) >= 11 is 0. The molecule has 0 unspecified atom stereocenters. The first-order valence-electron chi connectivity index (χ1n) is 5.82. The van der Waals surface area contributed by atoms with Crippen LogP contribution in [0.5, 0.6) is 0 Å². The molecule has 14 heavy (non-hydrogen) atoms. The van der Waals surface area contributed by atoms with Crippen molar-refractivity contribution in [3.05, 3.63) is 0 Å². The first-order valence-corrected chi connectivity index (χ1v) is 5.82. The van der Waals surface area contributed by atoms with Gasteiger partial charge in [-0.25, -0.2) is 0 Å². The van der Waals surface area contributed by atoms with Gasteiger partial charge in [0.2, 0.25) is 0 Å². The molecule has 0 aromatic rings. The molecule has 0 aromatic carbocycles. The van der Waals surface area contributed by atoms with Crippen molar-refractivity contribution in [3.63, 3.8) is 0 Å². The van der Waals surface area contributed by atoms with E-state index in [9.17, 15) is 5.11 Å². The zero-order valence-electron chi connectivity index (χ0n) is 11.0. The Bertz CT molecular complexity index is 155. The third-order valence-electron chi connectivity index (χ3n) is 3.28. The average molecular weight is 200 g/mol. The maximum atomic E-state index is 10.5. The maximum absolute atomic E-state index is 10.5. The molecule has 86 valence electrons. The molecule has 0 radical (unpaired) electrons. The quantitative estimate of drug-likeness (QED) is 0.730. The highest BCUT2D eigenvalue weighted by Gasteiger charge is 2.35. The molecule has 0 bridgehead atoms. The molecule has 0 fully saturated rings. The first kappa shape index (κ1) is 14.0. The van der Waals surface area contributed by atoms with E-state index in [2.05, 4.69) is 48.5 Å². The lowest BCUT2D eigenvalue weighted by Crippen LogP contribution is -2.41. The van der Waals surface area contributed by atoms with Gasteiger partial charge in [0.1, 0.15) is 0 Å². The highest BCUT2D eigenvalue weighted by molar-refractivity contribution is 4.86. The van der Waals surface area contributed by atoms with Crippen LogP contribution in [0.25, 0.3) is 0 Å². The van der Waals surface area contributed by atoms with Crippen LogP contribution < -0.4 is 0 Å². The van der Waals surface area contributed by atoms with Crippen LogP contribution in [0.4, 0.5) is 0 Å². The van der Waals surface area contributed by atoms with Crippen LogP contribution in [-0.2, 0) is 0 Å². The lowest BCUT2D eigenvalue weighted by atomic mass is 9.74. The minimum absolute atomic E-state index is 0.317. The molecular formula is C13H28O. The second-order valence-electron chi connectivity index (χ2n) is 6.36. The van der Waals surface area contributed by atoms with Crippen LogP contribution in [-0.4, -0.2) is 10.7 Å². The number of rotatable bonds is 4. The van der Waals surface area contributed by atoms with Gasteiger partial charge in [0, 0.05) is 0 Å². The van der Waals surface area contributed by atoms with Crippen molar-refractivity contribution < 1.29 is 5.11 Å². The molecule has 0 saturated carbocycles. The zero-order chi connectivity index (χ0) is 11.6. The van der Waals surface area contributed by atoms with E-state index in [1.54, 1.807) is 0 Å². The third-order valence-corrected chi connectivity index (χ3v) is 3.28. The number of aliphatic hydroxyl groups is 1. The fraction of sp³-hybridized carbons (Fsp3) is 1.00. The molecule has 0 aliphatic heterocycles. The summed E-state index contributed by atoms with van der Waals surface area (Å²) in [6, 6.07) is 0. The zero-order valence-corrected chi connectivity index (χ0v) is 11.0. The van der Waals surface area contributed by atoms with Gasteiger partial charge in [0.15, 0.2) is 0 Å². The molecule has 0 aliphatic rings. The Morgan fingerprint density at radius 1 is 0.857 bits per heavy atom. The Hall–Kier alpha value is -0.0400. The summed E-state index contributed by atoms with van der Waals surface area (Å²) in [7, 11) is 0. The van der Waals surface area contributed by atoms with Gasteiger partial charge in [-0.1, -0.05) is 48.5 Å². The van der Waals surface area contributed by atoms with E-state index >= 15 is 0 Å². The summed E-state index contributed by atoms with van der Waals surface area (Å²) in [5.74, 6) is 0.676. The monoisotopic (exact) mass is 200 g/mol. The Balaban J connectivity index is 4.40. The standard InChI is InChI=1S/C13H28O/c1-10(2)13(14,11(3)4)9-8-12(5,6)7/h10-11,14H,8-9H2,1-7H3. The van der Waals surface area contributed by atoms with Crippen LogP contribution in [0.3, 0.4) is 0 Å². The predicted octanol–water partition coefficient (Wildman–Crippen LogP) is 3.86. The predicted molar refractivity (Wildman–Crippen MR) is 63.3 cm³/mol. The summed E-state index contributed by atoms with van der Waals surface area (Å²) in [5.41, 5.74) is -0.176. The Kier molecular flexibility index (Phi) is 4.64. The van der Waals surface area contributed by atoms with Crippen LogP contribution in [0.15, 0.2) is 0 Å². The minimum Gasteiger partial charge on any atom is -0.389 e. The molecule has 1 nitrogen and oxygen atoms in total. The van der Waals surface area contributed by atoms with Crippen molar-refractivity contribution in [2.24, 2.45) is 17.3 Å². The summed E-state index contributed by atoms with van der Waals surface area (Å²) in [4.78, 5) is 0. The normalized spacial score (nSPS) is 14.1. The SMILES string of the molecule is CC(C)C(O)(CCC(C)(C)C)C(C)C. The summed E-state index contributed by atoms with van der Waals surface area (Å²) in [6.07, 6.45) is 1.99. The summed E-state index contributed by atoms with van der Waals surface area (Å²) in [5, 5.41) is 10.5. The molecule has 0 saturated heterocycles. The van der Waals surface area contributed by atoms with Gasteiger partial charge in [-0.3, -0.25) is 0 Å². The van der Waals surface area contributed by atoms with Crippen molar-refractivity contribution in [1.82, 2.24) is 0 Å². The van der Waals surface area contributed by atoms with Crippen molar-refractivity contribution in [1.29, 1.82) is 0 Å². The highest BCUT2D eigenvalue weighted by atomic mass is 16.3. The van der Waals surface area contributed by atoms with Crippen LogP contribution in [0.1, 0.15) is 61.3 Å². The molecule has 0 rings (SSSR count).